The van der Waals surface area contributed by atoms with E-state index in [1.807, 2.05) is 0 Å². The number of benzene rings is 1. The Morgan fingerprint density at radius 3 is 2.75 bits per heavy atom. The lowest BCUT2D eigenvalue weighted by Gasteiger charge is -2.35. The van der Waals surface area contributed by atoms with Gasteiger partial charge in [0.2, 0.25) is 5.91 Å². The minimum atomic E-state index is -3.52. The first-order valence-corrected chi connectivity index (χ1v) is 6.08. The zero-order chi connectivity index (χ0) is 14.9. The molecule has 2 rings (SSSR count). The summed E-state index contributed by atoms with van der Waals surface area (Å²) in [4.78, 5) is 12.4. The molecule has 1 aromatic rings. The number of carbonyl (C=O) groups is 1. The Bertz CT molecular complexity index is 522. The molecule has 0 aliphatic carbocycles. The Balaban J connectivity index is 2.33. The monoisotopic (exact) mass is 288 g/mol. The van der Waals surface area contributed by atoms with E-state index in [0.29, 0.717) is 0 Å². The minimum absolute atomic E-state index is 0.0117. The molecule has 0 radical (unpaired) electrons. The van der Waals surface area contributed by atoms with Gasteiger partial charge in [-0.1, -0.05) is 6.07 Å². The first-order chi connectivity index (χ1) is 9.37. The summed E-state index contributed by atoms with van der Waals surface area (Å²) in [6.07, 6.45) is -1.56. The smallest absolute Gasteiger partial charge is 0.303 e. The topological polar surface area (TPSA) is 41.6 Å². The maximum atomic E-state index is 14.4. The van der Waals surface area contributed by atoms with Crippen molar-refractivity contribution in [2.75, 3.05) is 32.6 Å². The summed E-state index contributed by atoms with van der Waals surface area (Å²) < 4.78 is 47.7. The summed E-state index contributed by atoms with van der Waals surface area (Å²) in [5.41, 5.74) is -0.750. The standard InChI is InChI=1S/C13H15F3N2O2/c1-17-9-5-3-4-8(12(9)14)13(15,16)10-6-18(2)11(19)7-20-10/h3-5,10,17H,6-7H2,1-2H3. The number of hydrogen-bond donors (Lipinski definition) is 1. The van der Waals surface area contributed by atoms with Gasteiger partial charge in [-0.15, -0.1) is 0 Å². The van der Waals surface area contributed by atoms with E-state index in [1.54, 1.807) is 0 Å². The second kappa shape index (κ2) is 5.32. The predicted molar refractivity (Wildman–Crippen MR) is 67.2 cm³/mol. The number of nitrogens with zero attached hydrogens (tertiary/aromatic N) is 1. The average molecular weight is 288 g/mol. The van der Waals surface area contributed by atoms with Gasteiger partial charge >= 0.3 is 5.92 Å². The van der Waals surface area contributed by atoms with Crippen LogP contribution < -0.4 is 5.32 Å². The molecule has 110 valence electrons. The molecule has 1 aliphatic rings. The number of morpholine rings is 1. The Morgan fingerprint density at radius 2 is 2.15 bits per heavy atom. The van der Waals surface area contributed by atoms with E-state index in [1.165, 1.54) is 26.2 Å². The van der Waals surface area contributed by atoms with Crippen molar-refractivity contribution >= 4 is 11.6 Å². The van der Waals surface area contributed by atoms with Crippen molar-refractivity contribution in [2.24, 2.45) is 0 Å². The van der Waals surface area contributed by atoms with Crippen LogP contribution in [0.4, 0.5) is 18.9 Å². The lowest BCUT2D eigenvalue weighted by Crippen LogP contribution is -2.51. The van der Waals surface area contributed by atoms with Crippen LogP contribution in [-0.2, 0) is 15.5 Å². The first-order valence-electron chi connectivity index (χ1n) is 6.08. The predicted octanol–water partition coefficient (Wildman–Crippen LogP) is 1.82. The van der Waals surface area contributed by atoms with E-state index < -0.39 is 30.0 Å². The van der Waals surface area contributed by atoms with Crippen molar-refractivity contribution in [3.63, 3.8) is 0 Å². The fourth-order valence-corrected chi connectivity index (χ4v) is 2.06. The largest absolute Gasteiger partial charge is 0.386 e. The van der Waals surface area contributed by atoms with Gasteiger partial charge in [0.1, 0.15) is 12.7 Å². The third-order valence-corrected chi connectivity index (χ3v) is 3.30. The van der Waals surface area contributed by atoms with Crippen LogP contribution in [0.3, 0.4) is 0 Å². The van der Waals surface area contributed by atoms with Gasteiger partial charge in [-0.25, -0.2) is 4.39 Å². The van der Waals surface area contributed by atoms with Gasteiger partial charge in [-0.3, -0.25) is 4.79 Å². The third kappa shape index (κ3) is 2.45. The molecule has 1 unspecified atom stereocenters. The van der Waals surface area contributed by atoms with Gasteiger partial charge in [0.05, 0.1) is 17.8 Å². The number of anilines is 1. The van der Waals surface area contributed by atoms with Crippen LogP contribution in [0.5, 0.6) is 0 Å². The van der Waals surface area contributed by atoms with Gasteiger partial charge in [0.15, 0.2) is 5.82 Å². The summed E-state index contributed by atoms with van der Waals surface area (Å²) in [6, 6.07) is 3.73. The van der Waals surface area contributed by atoms with Gasteiger partial charge in [-0.05, 0) is 12.1 Å². The molecule has 1 N–H and O–H groups in total. The number of rotatable bonds is 3. The number of nitrogens with one attached hydrogen (secondary N) is 1. The van der Waals surface area contributed by atoms with Crippen LogP contribution in [-0.4, -0.2) is 44.2 Å². The van der Waals surface area contributed by atoms with Crippen molar-refractivity contribution < 1.29 is 22.7 Å². The minimum Gasteiger partial charge on any atom is -0.386 e. The van der Waals surface area contributed by atoms with E-state index in [0.717, 1.165) is 11.0 Å². The van der Waals surface area contributed by atoms with Gasteiger partial charge < -0.3 is 15.0 Å². The second-order valence-electron chi connectivity index (χ2n) is 4.61. The number of alkyl halides is 2. The normalized spacial score (nSPS) is 20.1. The van der Waals surface area contributed by atoms with Crippen molar-refractivity contribution in [2.45, 2.75) is 12.0 Å². The highest BCUT2D eigenvalue weighted by Gasteiger charge is 2.47. The van der Waals surface area contributed by atoms with Crippen LogP contribution in [0.15, 0.2) is 18.2 Å². The molecular weight excluding hydrogens is 273 g/mol. The number of likely N-dealkylation sites (N-methyl/N-ethyl adjacent to an activating group) is 1. The summed E-state index contributed by atoms with van der Waals surface area (Å²) in [7, 11) is 2.86. The first kappa shape index (κ1) is 14.6. The number of hydrogen-bond acceptors (Lipinski definition) is 3. The van der Waals surface area contributed by atoms with Crippen molar-refractivity contribution in [1.29, 1.82) is 0 Å². The molecule has 1 atom stereocenters. The maximum Gasteiger partial charge on any atom is 0.303 e. The van der Waals surface area contributed by atoms with Crippen LogP contribution in [0.1, 0.15) is 5.56 Å². The number of ether oxygens (including phenoxy) is 1. The average Bonchev–Trinajstić information content (AvgIpc) is 2.41. The molecule has 1 heterocycles. The highest BCUT2D eigenvalue weighted by molar-refractivity contribution is 5.77. The molecule has 20 heavy (non-hydrogen) atoms. The zero-order valence-electron chi connectivity index (χ0n) is 11.1. The van der Waals surface area contributed by atoms with Crippen molar-refractivity contribution in [3.05, 3.63) is 29.6 Å². The maximum absolute atomic E-state index is 14.4. The van der Waals surface area contributed by atoms with Crippen LogP contribution in [0, 0.1) is 5.82 Å². The molecular formula is C13H15F3N2O2. The highest BCUT2D eigenvalue weighted by Crippen LogP contribution is 2.38. The Kier molecular flexibility index (Phi) is 3.89. The Labute approximate surface area is 114 Å². The zero-order valence-corrected chi connectivity index (χ0v) is 11.1. The van der Waals surface area contributed by atoms with E-state index in [9.17, 15) is 18.0 Å². The summed E-state index contributed by atoms with van der Waals surface area (Å²) in [5, 5.41) is 2.51. The SMILES string of the molecule is CNc1cccc(C(F)(F)C2CN(C)C(=O)CO2)c1F. The molecule has 1 aliphatic heterocycles. The van der Waals surface area contributed by atoms with Gasteiger partial charge in [0, 0.05) is 14.1 Å². The molecule has 0 saturated carbocycles. The molecule has 4 nitrogen and oxygen atoms in total. The third-order valence-electron chi connectivity index (χ3n) is 3.30. The van der Waals surface area contributed by atoms with E-state index >= 15 is 0 Å². The fourth-order valence-electron chi connectivity index (χ4n) is 2.06. The van der Waals surface area contributed by atoms with Crippen LogP contribution in [0.25, 0.3) is 0 Å². The summed E-state index contributed by atoms with van der Waals surface area (Å²) in [6.45, 7) is -0.709. The molecule has 0 bridgehead atoms. The lowest BCUT2D eigenvalue weighted by atomic mass is 10.0. The van der Waals surface area contributed by atoms with Crippen molar-refractivity contribution in [3.8, 4) is 0 Å². The van der Waals surface area contributed by atoms with Crippen LogP contribution >= 0.6 is 0 Å². The van der Waals surface area contributed by atoms with Crippen LogP contribution in [0.2, 0.25) is 0 Å². The molecule has 1 aromatic carbocycles. The molecule has 0 aromatic heterocycles. The molecule has 1 fully saturated rings. The van der Waals surface area contributed by atoms with Crippen molar-refractivity contribution in [1.82, 2.24) is 4.90 Å². The fraction of sp³-hybridized carbons (Fsp3) is 0.462. The van der Waals surface area contributed by atoms with Gasteiger partial charge in [0.25, 0.3) is 0 Å². The molecule has 1 saturated heterocycles. The molecule has 1 amide bonds. The summed E-state index contributed by atoms with van der Waals surface area (Å²) in [5.74, 6) is -4.91. The highest BCUT2D eigenvalue weighted by atomic mass is 19.3. The van der Waals surface area contributed by atoms with E-state index in [4.69, 9.17) is 4.74 Å². The second-order valence-corrected chi connectivity index (χ2v) is 4.61. The number of carbonyl (C=O) groups excluding carboxylic acids is 1. The molecule has 7 heteroatoms. The van der Waals surface area contributed by atoms with E-state index in [2.05, 4.69) is 5.32 Å². The lowest BCUT2D eigenvalue weighted by molar-refractivity contribution is -0.183. The molecule has 0 spiro atoms. The number of amides is 1. The Morgan fingerprint density at radius 1 is 1.45 bits per heavy atom. The summed E-state index contributed by atoms with van der Waals surface area (Å²) >= 11 is 0. The van der Waals surface area contributed by atoms with Gasteiger partial charge in [-0.2, -0.15) is 8.78 Å². The van der Waals surface area contributed by atoms with E-state index in [-0.39, 0.29) is 18.1 Å². The quantitative estimate of drug-likeness (QED) is 0.922. The number of halogens is 3. The Hall–Kier alpha value is -1.76.